The zero-order valence-electron chi connectivity index (χ0n) is 15.5. The van der Waals surface area contributed by atoms with E-state index in [9.17, 15) is 0 Å². The topological polar surface area (TPSA) is 78.7 Å². The van der Waals surface area contributed by atoms with E-state index >= 15 is 0 Å². The maximum atomic E-state index is 5.56. The fraction of sp³-hybridized carbons (Fsp3) is 0.190. The van der Waals surface area contributed by atoms with E-state index in [0.29, 0.717) is 6.54 Å². The Morgan fingerprint density at radius 1 is 0.852 bits per heavy atom. The number of anilines is 3. The van der Waals surface area contributed by atoms with Crippen LogP contribution in [0.15, 0.2) is 83.3 Å². The molecular weight excluding hydrogens is 336 g/mol. The summed E-state index contributed by atoms with van der Waals surface area (Å²) in [5, 5.41) is 15.1. The summed E-state index contributed by atoms with van der Waals surface area (Å²) in [5.74, 6) is 0. The molecule has 3 rings (SSSR count). The minimum atomic E-state index is 0.679. The third-order valence-electron chi connectivity index (χ3n) is 4.07. The van der Waals surface area contributed by atoms with Gasteiger partial charge in [-0.2, -0.15) is 5.11 Å². The van der Waals surface area contributed by atoms with Gasteiger partial charge in [0, 0.05) is 36.6 Å². The molecule has 0 unspecified atom stereocenters. The highest BCUT2D eigenvalue weighted by atomic mass is 15.1. The van der Waals surface area contributed by atoms with Crippen molar-refractivity contribution in [2.75, 3.05) is 24.2 Å². The van der Waals surface area contributed by atoms with E-state index in [-0.39, 0.29) is 0 Å². The molecule has 138 valence electrons. The van der Waals surface area contributed by atoms with Gasteiger partial charge >= 0.3 is 0 Å². The van der Waals surface area contributed by atoms with Crippen molar-refractivity contribution in [3.63, 3.8) is 0 Å². The summed E-state index contributed by atoms with van der Waals surface area (Å²) in [7, 11) is 1.91. The Kier molecular flexibility index (Phi) is 6.49. The maximum absolute atomic E-state index is 5.56. The molecule has 0 saturated heterocycles. The van der Waals surface area contributed by atoms with Gasteiger partial charge in [-0.05, 0) is 61.1 Å². The van der Waals surface area contributed by atoms with Crippen LogP contribution in [0.4, 0.5) is 28.4 Å². The summed E-state index contributed by atoms with van der Waals surface area (Å²) in [6.07, 6.45) is 4.93. The first-order valence-corrected chi connectivity index (χ1v) is 9.02. The summed E-state index contributed by atoms with van der Waals surface area (Å²) in [5.41, 5.74) is 10.3. The van der Waals surface area contributed by atoms with Crippen LogP contribution in [0.5, 0.6) is 0 Å². The van der Waals surface area contributed by atoms with E-state index in [1.165, 1.54) is 0 Å². The van der Waals surface area contributed by atoms with Crippen LogP contribution < -0.4 is 20.9 Å². The van der Waals surface area contributed by atoms with Crippen LogP contribution in [-0.2, 0) is 6.54 Å². The van der Waals surface area contributed by atoms with Gasteiger partial charge in [0.05, 0.1) is 5.69 Å². The second-order valence-electron chi connectivity index (χ2n) is 6.14. The lowest BCUT2D eigenvalue weighted by atomic mass is 10.2. The second kappa shape index (κ2) is 9.45. The summed E-state index contributed by atoms with van der Waals surface area (Å²) < 4.78 is 2.08. The number of hydrogen-bond donors (Lipinski definition) is 3. The van der Waals surface area contributed by atoms with Crippen molar-refractivity contribution in [2.45, 2.75) is 13.0 Å². The summed E-state index contributed by atoms with van der Waals surface area (Å²) in [6, 6.07) is 19.9. The Bertz CT molecular complexity index is 872. The van der Waals surface area contributed by atoms with Gasteiger partial charge in [-0.25, -0.2) is 4.57 Å². The molecule has 27 heavy (non-hydrogen) atoms. The van der Waals surface area contributed by atoms with Crippen molar-refractivity contribution >= 4 is 28.4 Å². The number of aromatic nitrogens is 1. The maximum Gasteiger partial charge on any atom is 0.196 e. The van der Waals surface area contributed by atoms with Gasteiger partial charge < -0.3 is 16.4 Å². The van der Waals surface area contributed by atoms with Gasteiger partial charge in [0.2, 0.25) is 0 Å². The SMILES string of the molecule is CNc1ccc(Nc2ccc(N=Nc3ccc[n+](CCCN)c3)cc2)cc1. The zero-order valence-corrected chi connectivity index (χ0v) is 15.5. The van der Waals surface area contributed by atoms with Crippen molar-refractivity contribution in [3.8, 4) is 0 Å². The number of nitrogens with zero attached hydrogens (tertiary/aromatic N) is 3. The van der Waals surface area contributed by atoms with Gasteiger partial charge in [0.15, 0.2) is 12.4 Å². The Morgan fingerprint density at radius 3 is 2.15 bits per heavy atom. The predicted molar refractivity (Wildman–Crippen MR) is 110 cm³/mol. The number of benzene rings is 2. The van der Waals surface area contributed by atoms with E-state index in [0.717, 1.165) is 41.4 Å². The van der Waals surface area contributed by atoms with E-state index in [4.69, 9.17) is 5.73 Å². The normalized spacial score (nSPS) is 10.9. The quantitative estimate of drug-likeness (QED) is 0.407. The van der Waals surface area contributed by atoms with E-state index < -0.39 is 0 Å². The number of rotatable bonds is 8. The van der Waals surface area contributed by atoms with Crippen LogP contribution in [0.3, 0.4) is 0 Å². The van der Waals surface area contributed by atoms with Crippen molar-refractivity contribution in [1.82, 2.24) is 0 Å². The van der Waals surface area contributed by atoms with Crippen molar-refractivity contribution in [3.05, 3.63) is 73.1 Å². The first-order chi connectivity index (χ1) is 13.3. The van der Waals surface area contributed by atoms with E-state index in [2.05, 4.69) is 25.4 Å². The molecule has 0 bridgehead atoms. The molecule has 6 heteroatoms. The Balaban J connectivity index is 1.62. The van der Waals surface area contributed by atoms with Crippen LogP contribution in [0, 0.1) is 0 Å². The molecule has 6 nitrogen and oxygen atoms in total. The summed E-state index contributed by atoms with van der Waals surface area (Å²) >= 11 is 0. The molecule has 1 heterocycles. The summed E-state index contributed by atoms with van der Waals surface area (Å²) in [6.45, 7) is 1.56. The molecule has 4 N–H and O–H groups in total. The molecule has 1 aromatic heterocycles. The molecule has 0 aliphatic rings. The lowest BCUT2D eigenvalue weighted by Gasteiger charge is -2.07. The van der Waals surface area contributed by atoms with Crippen LogP contribution >= 0.6 is 0 Å². The fourth-order valence-corrected chi connectivity index (χ4v) is 2.59. The highest BCUT2D eigenvalue weighted by Crippen LogP contribution is 2.23. The molecule has 0 fully saturated rings. The minimum Gasteiger partial charge on any atom is -0.388 e. The van der Waals surface area contributed by atoms with E-state index in [1.807, 2.05) is 80.1 Å². The van der Waals surface area contributed by atoms with Gasteiger partial charge in [-0.3, -0.25) is 0 Å². The first-order valence-electron chi connectivity index (χ1n) is 9.02. The molecule has 0 radical (unpaired) electrons. The largest absolute Gasteiger partial charge is 0.388 e. The monoisotopic (exact) mass is 361 g/mol. The van der Waals surface area contributed by atoms with Gasteiger partial charge in [0.1, 0.15) is 12.2 Å². The standard InChI is InChI=1S/C21H25N6/c1-23-17-5-7-18(8-6-17)24-19-9-11-20(12-10-19)25-26-21-4-2-14-27(16-21)15-3-13-22/h2,4-12,14,16,23-24H,3,13,15,22H2,1H3/q+1. The van der Waals surface area contributed by atoms with Crippen molar-refractivity contribution in [2.24, 2.45) is 16.0 Å². The number of azo groups is 1. The molecule has 2 aromatic carbocycles. The van der Waals surface area contributed by atoms with Crippen LogP contribution in [-0.4, -0.2) is 13.6 Å². The van der Waals surface area contributed by atoms with Crippen LogP contribution in [0.25, 0.3) is 0 Å². The van der Waals surface area contributed by atoms with Gasteiger partial charge in [-0.15, -0.1) is 5.11 Å². The highest BCUT2D eigenvalue weighted by Gasteiger charge is 2.01. The lowest BCUT2D eigenvalue weighted by molar-refractivity contribution is -0.696. The van der Waals surface area contributed by atoms with E-state index in [1.54, 1.807) is 0 Å². The molecule has 0 aliphatic carbocycles. The third kappa shape index (κ3) is 5.62. The fourth-order valence-electron chi connectivity index (χ4n) is 2.59. The molecular formula is C21H25N6+. The molecule has 0 spiro atoms. The third-order valence-corrected chi connectivity index (χ3v) is 4.07. The lowest BCUT2D eigenvalue weighted by Crippen LogP contribution is -2.33. The predicted octanol–water partition coefficient (Wildman–Crippen LogP) is 4.52. The van der Waals surface area contributed by atoms with Crippen LogP contribution in [0.2, 0.25) is 0 Å². The first kappa shape index (κ1) is 18.5. The molecule has 0 atom stereocenters. The number of nitrogens with one attached hydrogen (secondary N) is 2. The summed E-state index contributed by atoms with van der Waals surface area (Å²) in [4.78, 5) is 0. The zero-order chi connectivity index (χ0) is 18.9. The number of nitrogens with two attached hydrogens (primary N) is 1. The minimum absolute atomic E-state index is 0.679. The number of hydrogen-bond acceptors (Lipinski definition) is 5. The van der Waals surface area contributed by atoms with Crippen LogP contribution in [0.1, 0.15) is 6.42 Å². The number of aryl methyl sites for hydroxylation is 1. The Morgan fingerprint density at radius 2 is 1.48 bits per heavy atom. The molecule has 0 aliphatic heterocycles. The van der Waals surface area contributed by atoms with Crippen molar-refractivity contribution in [1.29, 1.82) is 0 Å². The van der Waals surface area contributed by atoms with Gasteiger partial charge in [-0.1, -0.05) is 0 Å². The second-order valence-corrected chi connectivity index (χ2v) is 6.14. The number of pyridine rings is 1. The average Bonchev–Trinajstić information content (AvgIpc) is 2.72. The Hall–Kier alpha value is -3.25. The van der Waals surface area contributed by atoms with Crippen molar-refractivity contribution < 1.29 is 4.57 Å². The highest BCUT2D eigenvalue weighted by molar-refractivity contribution is 5.63. The van der Waals surface area contributed by atoms with Gasteiger partial charge in [0.25, 0.3) is 0 Å². The smallest absolute Gasteiger partial charge is 0.196 e. The molecule has 0 saturated carbocycles. The molecule has 0 amide bonds. The Labute approximate surface area is 159 Å². The average molecular weight is 361 g/mol. The molecule has 3 aromatic rings.